The summed E-state index contributed by atoms with van der Waals surface area (Å²) in [6.45, 7) is 0. The van der Waals surface area contributed by atoms with Gasteiger partial charge in [-0.05, 0) is 54.6 Å². The van der Waals surface area contributed by atoms with Gasteiger partial charge in [0.2, 0.25) is 0 Å². The third-order valence-corrected chi connectivity index (χ3v) is 11.3. The number of hydrogen-bond donors (Lipinski definition) is 0. The van der Waals surface area contributed by atoms with Crippen LogP contribution in [0.2, 0.25) is 0 Å². The van der Waals surface area contributed by atoms with Gasteiger partial charge in [-0.1, -0.05) is 140 Å². The summed E-state index contributed by atoms with van der Waals surface area (Å²) in [5.41, 5.74) is 13.2. The second-order valence-electron chi connectivity index (χ2n) is 14.6. The molecule has 57 heavy (non-hydrogen) atoms. The summed E-state index contributed by atoms with van der Waals surface area (Å²) in [7, 11) is 0. The fourth-order valence-electron chi connectivity index (χ4n) is 8.84. The molecule has 0 fully saturated rings. The number of fused-ring (bicyclic) bond motifs is 11. The molecule has 0 saturated carbocycles. The Morgan fingerprint density at radius 3 is 1.68 bits per heavy atom. The van der Waals surface area contributed by atoms with E-state index in [0.717, 1.165) is 88.8 Å². The maximum Gasteiger partial charge on any atom is 0.160 e. The van der Waals surface area contributed by atoms with E-state index in [2.05, 4.69) is 185 Å². The minimum absolute atomic E-state index is 0.671. The first kappa shape index (κ1) is 31.6. The van der Waals surface area contributed by atoms with Crippen LogP contribution in [0.15, 0.2) is 199 Å². The van der Waals surface area contributed by atoms with Gasteiger partial charge in [0.1, 0.15) is 11.2 Å². The molecule has 12 rings (SSSR count). The third-order valence-electron chi connectivity index (χ3n) is 11.3. The van der Waals surface area contributed by atoms with E-state index >= 15 is 0 Å². The van der Waals surface area contributed by atoms with Crippen LogP contribution in [0.3, 0.4) is 0 Å². The lowest BCUT2D eigenvalue weighted by Gasteiger charge is -2.14. The van der Waals surface area contributed by atoms with Crippen molar-refractivity contribution in [2.75, 3.05) is 0 Å². The van der Waals surface area contributed by atoms with E-state index in [0.29, 0.717) is 5.82 Å². The van der Waals surface area contributed by atoms with Crippen molar-refractivity contribution in [3.05, 3.63) is 194 Å². The Bertz CT molecular complexity index is 3450. The molecule has 4 heterocycles. The monoisotopic (exact) mass is 728 g/mol. The molecule has 5 nitrogen and oxygen atoms in total. The van der Waals surface area contributed by atoms with Crippen molar-refractivity contribution >= 4 is 65.6 Å². The first-order valence-electron chi connectivity index (χ1n) is 19.3. The first-order chi connectivity index (χ1) is 28.3. The minimum atomic E-state index is 0.671. The lowest BCUT2D eigenvalue weighted by Crippen LogP contribution is -2.00. The summed E-state index contributed by atoms with van der Waals surface area (Å²) in [6, 6.07) is 68.2. The van der Waals surface area contributed by atoms with Crippen molar-refractivity contribution in [1.29, 1.82) is 0 Å². The number of para-hydroxylation sites is 3. The number of aromatic nitrogens is 4. The molecule has 0 radical (unpaired) electrons. The highest BCUT2D eigenvalue weighted by Crippen LogP contribution is 2.46. The predicted octanol–water partition coefficient (Wildman–Crippen LogP) is 13.6. The number of furan rings is 1. The Kier molecular flexibility index (Phi) is 6.86. The summed E-state index contributed by atoms with van der Waals surface area (Å²) < 4.78 is 11.4. The van der Waals surface area contributed by atoms with Gasteiger partial charge >= 0.3 is 0 Å². The van der Waals surface area contributed by atoms with Crippen LogP contribution in [0.25, 0.3) is 111 Å². The average Bonchev–Trinajstić information content (AvgIpc) is 3.95. The quantitative estimate of drug-likeness (QED) is 0.177. The fourth-order valence-corrected chi connectivity index (χ4v) is 8.84. The van der Waals surface area contributed by atoms with Gasteiger partial charge in [-0.15, -0.1) is 0 Å². The molecule has 0 bridgehead atoms. The summed E-state index contributed by atoms with van der Waals surface area (Å²) in [5.74, 6) is 0.671. The van der Waals surface area contributed by atoms with Gasteiger partial charge in [-0.3, -0.25) is 0 Å². The minimum Gasteiger partial charge on any atom is -0.456 e. The molecule has 0 atom stereocenters. The predicted molar refractivity (Wildman–Crippen MR) is 234 cm³/mol. The second-order valence-corrected chi connectivity index (χ2v) is 14.6. The highest BCUT2D eigenvalue weighted by Gasteiger charge is 2.24. The van der Waals surface area contributed by atoms with Gasteiger partial charge < -0.3 is 13.6 Å². The Labute approximate surface area is 327 Å². The molecule has 0 amide bonds. The van der Waals surface area contributed by atoms with E-state index in [4.69, 9.17) is 14.4 Å². The van der Waals surface area contributed by atoms with Crippen LogP contribution in [-0.4, -0.2) is 19.1 Å². The zero-order valence-corrected chi connectivity index (χ0v) is 30.7. The second kappa shape index (κ2) is 12.4. The van der Waals surface area contributed by atoms with Gasteiger partial charge in [0.25, 0.3) is 0 Å². The van der Waals surface area contributed by atoms with E-state index in [1.165, 1.54) is 16.2 Å². The Morgan fingerprint density at radius 2 is 0.930 bits per heavy atom. The van der Waals surface area contributed by atoms with Crippen LogP contribution in [0.1, 0.15) is 0 Å². The van der Waals surface area contributed by atoms with Crippen LogP contribution in [0.5, 0.6) is 0 Å². The Morgan fingerprint density at radius 1 is 0.351 bits per heavy atom. The summed E-state index contributed by atoms with van der Waals surface area (Å²) in [5, 5.41) is 6.96. The van der Waals surface area contributed by atoms with Crippen molar-refractivity contribution < 1.29 is 4.42 Å². The first-order valence-corrected chi connectivity index (χ1v) is 19.3. The third kappa shape index (κ3) is 4.82. The number of benzene rings is 8. The molecule has 12 aromatic rings. The normalized spacial score (nSPS) is 11.9. The van der Waals surface area contributed by atoms with Gasteiger partial charge in [-0.2, -0.15) is 0 Å². The average molecular weight is 729 g/mol. The van der Waals surface area contributed by atoms with Gasteiger partial charge in [0, 0.05) is 60.4 Å². The highest BCUT2D eigenvalue weighted by atomic mass is 16.3. The number of rotatable bonds is 5. The molecule has 0 aliphatic carbocycles. The van der Waals surface area contributed by atoms with Crippen molar-refractivity contribution in [3.8, 4) is 45.3 Å². The van der Waals surface area contributed by atoms with E-state index in [1.807, 2.05) is 18.2 Å². The van der Waals surface area contributed by atoms with Crippen LogP contribution in [0.4, 0.5) is 0 Å². The van der Waals surface area contributed by atoms with Crippen molar-refractivity contribution in [3.63, 3.8) is 0 Å². The molecule has 0 aliphatic heterocycles. The Balaban J connectivity index is 1.20. The molecule has 0 spiro atoms. The van der Waals surface area contributed by atoms with Crippen molar-refractivity contribution in [1.82, 2.24) is 19.1 Å². The standard InChI is InChI=1S/C52H32N4O/c1-4-15-33(16-5-1)42-32-43(34-17-6-2-7-18-34)54-52(53-42)35-19-14-22-37(31-35)56-45-29-30-47-49(40-24-11-13-26-46(40)57-47)48(45)41-28-27-39-38-23-10-12-25-44(38)55(50(39)51(41)56)36-20-8-3-9-21-36/h1-32H. The van der Waals surface area contributed by atoms with E-state index in [-0.39, 0.29) is 0 Å². The molecule has 0 saturated heterocycles. The SMILES string of the molecule is c1ccc(-c2cc(-c3ccccc3)nc(-c3cccc(-n4c5ccc6oc7ccccc7c6c5c5ccc6c7ccccc7n(-c7ccccc7)c6c54)c3)n2)cc1. The number of hydrogen-bond acceptors (Lipinski definition) is 3. The topological polar surface area (TPSA) is 48.8 Å². The van der Waals surface area contributed by atoms with Crippen molar-refractivity contribution in [2.45, 2.75) is 0 Å². The maximum absolute atomic E-state index is 6.49. The summed E-state index contributed by atoms with van der Waals surface area (Å²) in [6.07, 6.45) is 0. The lowest BCUT2D eigenvalue weighted by atomic mass is 10.0. The van der Waals surface area contributed by atoms with E-state index in [1.54, 1.807) is 0 Å². The smallest absolute Gasteiger partial charge is 0.160 e. The zero-order chi connectivity index (χ0) is 37.5. The van der Waals surface area contributed by atoms with Crippen molar-refractivity contribution in [2.24, 2.45) is 0 Å². The van der Waals surface area contributed by atoms with Gasteiger partial charge in [0.15, 0.2) is 5.82 Å². The molecule has 0 N–H and O–H groups in total. The molecule has 4 aromatic heterocycles. The fraction of sp³-hybridized carbons (Fsp3) is 0. The van der Waals surface area contributed by atoms with E-state index in [9.17, 15) is 0 Å². The molecule has 8 aromatic carbocycles. The largest absolute Gasteiger partial charge is 0.456 e. The van der Waals surface area contributed by atoms with Crippen LogP contribution in [0, 0.1) is 0 Å². The van der Waals surface area contributed by atoms with Gasteiger partial charge in [0.05, 0.1) is 33.5 Å². The summed E-state index contributed by atoms with van der Waals surface area (Å²) in [4.78, 5) is 10.4. The molecule has 5 heteroatoms. The van der Waals surface area contributed by atoms with E-state index < -0.39 is 0 Å². The van der Waals surface area contributed by atoms with Crippen LogP contribution >= 0.6 is 0 Å². The van der Waals surface area contributed by atoms with Crippen LogP contribution < -0.4 is 0 Å². The Hall–Kier alpha value is -7.76. The zero-order valence-electron chi connectivity index (χ0n) is 30.7. The van der Waals surface area contributed by atoms with Gasteiger partial charge in [-0.25, -0.2) is 9.97 Å². The maximum atomic E-state index is 6.49. The number of nitrogens with zero attached hydrogens (tertiary/aromatic N) is 4. The lowest BCUT2D eigenvalue weighted by molar-refractivity contribution is 0.669. The summed E-state index contributed by atoms with van der Waals surface area (Å²) >= 11 is 0. The van der Waals surface area contributed by atoms with Crippen LogP contribution in [-0.2, 0) is 0 Å². The molecule has 266 valence electrons. The highest BCUT2D eigenvalue weighted by molar-refractivity contribution is 6.31. The molecule has 0 unspecified atom stereocenters. The molecular weight excluding hydrogens is 697 g/mol. The molecule has 0 aliphatic rings. The molecular formula is C52H32N4O.